The van der Waals surface area contributed by atoms with Crippen LogP contribution < -0.4 is 5.32 Å². The predicted octanol–water partition coefficient (Wildman–Crippen LogP) is 4.08. The Morgan fingerprint density at radius 1 is 1.14 bits per heavy atom. The zero-order valence-corrected chi connectivity index (χ0v) is 16.7. The second-order valence-corrected chi connectivity index (χ2v) is 7.41. The van der Waals surface area contributed by atoms with Gasteiger partial charge in [-0.1, -0.05) is 54.1 Å². The first kappa shape index (κ1) is 19.8. The minimum Gasteiger partial charge on any atom is -0.455 e. The maximum absolute atomic E-state index is 12.0. The SMILES string of the molecule is Cc1cccc(-c2nc(CC(=O)OCC(=O)N[C@H](C)c3ccccc3)cs2)c1. The van der Waals surface area contributed by atoms with E-state index in [4.69, 9.17) is 4.74 Å². The second-order valence-electron chi connectivity index (χ2n) is 6.55. The number of rotatable bonds is 7. The van der Waals surface area contributed by atoms with E-state index >= 15 is 0 Å². The zero-order chi connectivity index (χ0) is 19.9. The first-order valence-corrected chi connectivity index (χ1v) is 9.90. The van der Waals surface area contributed by atoms with Gasteiger partial charge in [-0.15, -0.1) is 11.3 Å². The third-order valence-electron chi connectivity index (χ3n) is 4.18. The monoisotopic (exact) mass is 394 g/mol. The summed E-state index contributed by atoms with van der Waals surface area (Å²) >= 11 is 1.49. The van der Waals surface area contributed by atoms with Crippen LogP contribution in [0.4, 0.5) is 0 Å². The van der Waals surface area contributed by atoms with Crippen LogP contribution in [0.1, 0.15) is 29.8 Å². The molecule has 3 rings (SSSR count). The number of aromatic nitrogens is 1. The molecular formula is C22H22N2O3S. The van der Waals surface area contributed by atoms with Crippen LogP contribution in [0.2, 0.25) is 0 Å². The average Bonchev–Trinajstić information content (AvgIpc) is 3.15. The Kier molecular flexibility index (Phi) is 6.55. The fraction of sp³-hybridized carbons (Fsp3) is 0.227. The Balaban J connectivity index is 1.47. The van der Waals surface area contributed by atoms with E-state index in [-0.39, 0.29) is 25.0 Å². The van der Waals surface area contributed by atoms with Crippen LogP contribution in [-0.4, -0.2) is 23.5 Å². The molecule has 6 heteroatoms. The van der Waals surface area contributed by atoms with E-state index in [0.29, 0.717) is 5.69 Å². The summed E-state index contributed by atoms with van der Waals surface area (Å²) in [6.07, 6.45) is 0.0455. The molecule has 144 valence electrons. The van der Waals surface area contributed by atoms with Gasteiger partial charge in [-0.3, -0.25) is 9.59 Å². The van der Waals surface area contributed by atoms with Gasteiger partial charge in [0.15, 0.2) is 6.61 Å². The van der Waals surface area contributed by atoms with Gasteiger partial charge in [-0.25, -0.2) is 4.98 Å². The molecule has 0 bridgehead atoms. The number of nitrogens with zero attached hydrogens (tertiary/aromatic N) is 1. The predicted molar refractivity (Wildman–Crippen MR) is 110 cm³/mol. The summed E-state index contributed by atoms with van der Waals surface area (Å²) in [5, 5.41) is 5.52. The minimum absolute atomic E-state index is 0.0455. The molecule has 0 fully saturated rings. The number of amides is 1. The molecule has 5 nitrogen and oxygen atoms in total. The molecule has 1 N–H and O–H groups in total. The van der Waals surface area contributed by atoms with Gasteiger partial charge in [0.1, 0.15) is 5.01 Å². The van der Waals surface area contributed by atoms with Crippen molar-refractivity contribution in [2.75, 3.05) is 6.61 Å². The van der Waals surface area contributed by atoms with Crippen molar-refractivity contribution in [3.63, 3.8) is 0 Å². The third kappa shape index (κ3) is 5.50. The fourth-order valence-corrected chi connectivity index (χ4v) is 3.57. The highest BCUT2D eigenvalue weighted by Crippen LogP contribution is 2.24. The van der Waals surface area contributed by atoms with Crippen molar-refractivity contribution in [1.29, 1.82) is 0 Å². The molecule has 0 radical (unpaired) electrons. The molecule has 2 aromatic carbocycles. The van der Waals surface area contributed by atoms with E-state index in [1.54, 1.807) is 0 Å². The van der Waals surface area contributed by atoms with Crippen LogP contribution in [0.25, 0.3) is 10.6 Å². The summed E-state index contributed by atoms with van der Waals surface area (Å²) in [6.45, 7) is 3.61. The summed E-state index contributed by atoms with van der Waals surface area (Å²) in [6, 6.07) is 17.5. The van der Waals surface area contributed by atoms with Crippen molar-refractivity contribution < 1.29 is 14.3 Å². The van der Waals surface area contributed by atoms with Crippen molar-refractivity contribution in [2.24, 2.45) is 0 Å². The number of nitrogens with one attached hydrogen (secondary N) is 1. The third-order valence-corrected chi connectivity index (χ3v) is 5.12. The Morgan fingerprint density at radius 3 is 2.68 bits per heavy atom. The number of benzene rings is 2. The summed E-state index contributed by atoms with van der Waals surface area (Å²) < 4.78 is 5.09. The maximum Gasteiger partial charge on any atom is 0.312 e. The Hall–Kier alpha value is -2.99. The molecule has 0 saturated heterocycles. The largest absolute Gasteiger partial charge is 0.455 e. The molecule has 1 aromatic heterocycles. The number of carbonyl (C=O) groups excluding carboxylic acids is 2. The Morgan fingerprint density at radius 2 is 1.93 bits per heavy atom. The van der Waals surface area contributed by atoms with Crippen LogP contribution >= 0.6 is 11.3 Å². The van der Waals surface area contributed by atoms with Crippen LogP contribution in [0.3, 0.4) is 0 Å². The van der Waals surface area contributed by atoms with Crippen molar-refractivity contribution in [3.05, 3.63) is 76.8 Å². The van der Waals surface area contributed by atoms with Crippen LogP contribution in [0, 0.1) is 6.92 Å². The summed E-state index contributed by atoms with van der Waals surface area (Å²) in [5.74, 6) is -0.799. The summed E-state index contributed by atoms with van der Waals surface area (Å²) in [5.41, 5.74) is 3.82. The Labute approximate surface area is 168 Å². The minimum atomic E-state index is -0.469. The summed E-state index contributed by atoms with van der Waals surface area (Å²) in [7, 11) is 0. The summed E-state index contributed by atoms with van der Waals surface area (Å²) in [4.78, 5) is 28.5. The van der Waals surface area contributed by atoms with E-state index in [1.165, 1.54) is 11.3 Å². The van der Waals surface area contributed by atoms with Crippen molar-refractivity contribution in [2.45, 2.75) is 26.3 Å². The van der Waals surface area contributed by atoms with Gasteiger partial charge in [0.2, 0.25) is 0 Å². The molecule has 3 aromatic rings. The standard InChI is InChI=1S/C22H22N2O3S/c1-15-7-6-10-18(11-15)22-24-19(14-28-22)12-21(26)27-13-20(25)23-16(2)17-8-4-3-5-9-17/h3-11,14,16H,12-13H2,1-2H3,(H,23,25)/t16-/m1/s1. The number of ether oxygens (including phenoxy) is 1. The normalized spacial score (nSPS) is 11.6. The molecule has 0 saturated carbocycles. The van der Waals surface area contributed by atoms with Gasteiger partial charge in [0.05, 0.1) is 18.2 Å². The Bertz CT molecular complexity index is 953. The van der Waals surface area contributed by atoms with Gasteiger partial charge in [0, 0.05) is 10.9 Å². The van der Waals surface area contributed by atoms with Crippen molar-refractivity contribution in [1.82, 2.24) is 10.3 Å². The van der Waals surface area contributed by atoms with E-state index < -0.39 is 5.97 Å². The smallest absolute Gasteiger partial charge is 0.312 e. The van der Waals surface area contributed by atoms with Crippen LogP contribution in [-0.2, 0) is 20.7 Å². The number of esters is 1. The zero-order valence-electron chi connectivity index (χ0n) is 15.8. The number of thiazole rings is 1. The molecule has 0 unspecified atom stereocenters. The lowest BCUT2D eigenvalue weighted by atomic mass is 10.1. The van der Waals surface area contributed by atoms with Crippen LogP contribution in [0.15, 0.2) is 60.0 Å². The number of carbonyl (C=O) groups is 2. The van der Waals surface area contributed by atoms with Gasteiger partial charge < -0.3 is 10.1 Å². The van der Waals surface area contributed by atoms with E-state index in [0.717, 1.165) is 21.7 Å². The molecule has 0 aliphatic rings. The molecule has 0 spiro atoms. The van der Waals surface area contributed by atoms with E-state index in [2.05, 4.69) is 16.4 Å². The topological polar surface area (TPSA) is 68.3 Å². The van der Waals surface area contributed by atoms with Crippen molar-refractivity contribution in [3.8, 4) is 10.6 Å². The molecule has 1 heterocycles. The van der Waals surface area contributed by atoms with E-state index in [9.17, 15) is 9.59 Å². The average molecular weight is 394 g/mol. The molecule has 1 amide bonds. The highest BCUT2D eigenvalue weighted by atomic mass is 32.1. The molecule has 1 atom stereocenters. The maximum atomic E-state index is 12.0. The highest BCUT2D eigenvalue weighted by Gasteiger charge is 2.14. The molecular weight excluding hydrogens is 372 g/mol. The quantitative estimate of drug-likeness (QED) is 0.613. The van der Waals surface area contributed by atoms with Gasteiger partial charge >= 0.3 is 5.97 Å². The fourth-order valence-electron chi connectivity index (χ4n) is 2.75. The lowest BCUT2D eigenvalue weighted by Gasteiger charge is -2.14. The van der Waals surface area contributed by atoms with E-state index in [1.807, 2.05) is 67.8 Å². The number of hydrogen-bond donors (Lipinski definition) is 1. The van der Waals surface area contributed by atoms with Crippen LogP contribution in [0.5, 0.6) is 0 Å². The first-order valence-electron chi connectivity index (χ1n) is 9.02. The van der Waals surface area contributed by atoms with Gasteiger partial charge in [-0.2, -0.15) is 0 Å². The molecule has 0 aliphatic carbocycles. The number of hydrogen-bond acceptors (Lipinski definition) is 5. The van der Waals surface area contributed by atoms with Gasteiger partial charge in [-0.05, 0) is 25.5 Å². The molecule has 28 heavy (non-hydrogen) atoms. The first-order chi connectivity index (χ1) is 13.5. The van der Waals surface area contributed by atoms with Crippen molar-refractivity contribution >= 4 is 23.2 Å². The lowest BCUT2D eigenvalue weighted by Crippen LogP contribution is -2.31. The molecule has 0 aliphatic heterocycles. The highest BCUT2D eigenvalue weighted by molar-refractivity contribution is 7.13. The second kappa shape index (κ2) is 9.28. The lowest BCUT2D eigenvalue weighted by molar-refractivity contribution is -0.148. The van der Waals surface area contributed by atoms with Gasteiger partial charge in [0.25, 0.3) is 5.91 Å². The number of aryl methyl sites for hydroxylation is 1.